The summed E-state index contributed by atoms with van der Waals surface area (Å²) < 4.78 is 19.1. The molecule has 4 heterocycles. The van der Waals surface area contributed by atoms with E-state index in [2.05, 4.69) is 25.6 Å². The summed E-state index contributed by atoms with van der Waals surface area (Å²) >= 11 is 0. The maximum absolute atomic E-state index is 12.7. The van der Waals surface area contributed by atoms with Crippen LogP contribution in [0.25, 0.3) is 11.0 Å². The number of nitrogens with one attached hydrogen (secondary N) is 2. The third-order valence-corrected chi connectivity index (χ3v) is 7.40. The average Bonchev–Trinajstić information content (AvgIpc) is 3.67. The van der Waals surface area contributed by atoms with Crippen molar-refractivity contribution < 1.29 is 23.8 Å². The molecule has 1 saturated heterocycles. The summed E-state index contributed by atoms with van der Waals surface area (Å²) in [5.41, 5.74) is 1.49. The van der Waals surface area contributed by atoms with Crippen LogP contribution in [0.1, 0.15) is 43.1 Å². The van der Waals surface area contributed by atoms with Gasteiger partial charge in [-0.05, 0) is 75.2 Å². The molecule has 1 unspecified atom stereocenters. The van der Waals surface area contributed by atoms with Gasteiger partial charge in [0, 0.05) is 49.4 Å². The van der Waals surface area contributed by atoms with E-state index in [0.717, 1.165) is 17.7 Å². The molecule has 0 spiro atoms. The van der Waals surface area contributed by atoms with Crippen molar-refractivity contribution in [2.75, 3.05) is 30.8 Å². The number of methoxy groups -OCH3 is 1. The first-order chi connectivity index (χ1) is 22.6. The van der Waals surface area contributed by atoms with Crippen molar-refractivity contribution in [3.8, 4) is 17.2 Å². The summed E-state index contributed by atoms with van der Waals surface area (Å²) in [7, 11) is 1.63. The van der Waals surface area contributed by atoms with Crippen LogP contribution < -0.4 is 20.1 Å². The lowest BCUT2D eigenvalue weighted by Crippen LogP contribution is -2.36. The van der Waals surface area contributed by atoms with Gasteiger partial charge in [-0.3, -0.25) is 10.1 Å². The summed E-state index contributed by atoms with van der Waals surface area (Å²) in [6.45, 7) is 7.06. The molecule has 47 heavy (non-hydrogen) atoms. The van der Waals surface area contributed by atoms with Crippen LogP contribution in [0.5, 0.6) is 17.2 Å². The molecule has 13 heteroatoms. The zero-order valence-corrected chi connectivity index (χ0v) is 26.6. The highest BCUT2D eigenvalue weighted by atomic mass is 16.6. The molecule has 0 saturated carbocycles. The summed E-state index contributed by atoms with van der Waals surface area (Å²) in [5, 5.41) is 11.8. The number of ether oxygens (including phenoxy) is 3. The van der Waals surface area contributed by atoms with Gasteiger partial charge < -0.3 is 24.4 Å². The van der Waals surface area contributed by atoms with E-state index in [1.54, 1.807) is 67.0 Å². The van der Waals surface area contributed by atoms with Crippen LogP contribution >= 0.6 is 0 Å². The second-order valence-electron chi connectivity index (χ2n) is 12.1. The normalized spacial score (nSPS) is 14.6. The average molecular weight is 637 g/mol. The number of carbonyl (C=O) groups is 2. The topological polar surface area (TPSA) is 146 Å². The number of pyridine rings is 1. The minimum atomic E-state index is -0.574. The Morgan fingerprint density at radius 2 is 1.66 bits per heavy atom. The summed E-state index contributed by atoms with van der Waals surface area (Å²) in [5.74, 6) is 2.30. The third-order valence-electron chi connectivity index (χ3n) is 7.40. The lowest BCUT2D eigenvalue weighted by Gasteiger charge is -2.24. The number of rotatable bonds is 9. The van der Waals surface area contributed by atoms with Gasteiger partial charge in [-0.15, -0.1) is 0 Å². The number of aromatic nitrogens is 5. The number of benzene rings is 2. The van der Waals surface area contributed by atoms with E-state index in [-0.39, 0.29) is 24.0 Å². The predicted molar refractivity (Wildman–Crippen MR) is 176 cm³/mol. The lowest BCUT2D eigenvalue weighted by molar-refractivity contribution is 0.0293. The molecule has 6 rings (SSSR count). The van der Waals surface area contributed by atoms with Crippen molar-refractivity contribution in [1.82, 2.24) is 29.6 Å². The van der Waals surface area contributed by atoms with Crippen LogP contribution in [0.3, 0.4) is 0 Å². The molecule has 0 aliphatic carbocycles. The standard InChI is InChI=1S/C34H36N8O5/c1-34(2,3)47-33(44)41-19-15-24(21-41)38-29-28-27(14-18-35-30(28)42(40-29)20-22-6-10-25(45-4)11-7-22)46-26-12-8-23(9-13-26)31(43)39-32-36-16-5-17-37-32/h5-14,16-18,24H,15,19-21H2,1-4H3,(H,38,40)(H,36,37,39,43). The minimum Gasteiger partial charge on any atom is -0.497 e. The largest absolute Gasteiger partial charge is 0.497 e. The molecular weight excluding hydrogens is 600 g/mol. The van der Waals surface area contributed by atoms with E-state index in [1.807, 2.05) is 49.7 Å². The molecule has 1 fully saturated rings. The van der Waals surface area contributed by atoms with E-state index in [4.69, 9.17) is 19.3 Å². The Hall–Kier alpha value is -5.72. The maximum Gasteiger partial charge on any atom is 0.410 e. The Morgan fingerprint density at radius 3 is 2.36 bits per heavy atom. The van der Waals surface area contributed by atoms with E-state index in [1.165, 1.54) is 0 Å². The Balaban J connectivity index is 1.26. The molecule has 5 aromatic rings. The molecule has 1 atom stereocenters. The van der Waals surface area contributed by atoms with E-state index < -0.39 is 5.60 Å². The first-order valence-electron chi connectivity index (χ1n) is 15.2. The van der Waals surface area contributed by atoms with Gasteiger partial charge in [-0.1, -0.05) is 12.1 Å². The highest BCUT2D eigenvalue weighted by molar-refractivity contribution is 6.03. The van der Waals surface area contributed by atoms with Gasteiger partial charge in [0.25, 0.3) is 5.91 Å². The van der Waals surface area contributed by atoms with Gasteiger partial charge in [0.2, 0.25) is 5.95 Å². The molecule has 2 N–H and O–H groups in total. The van der Waals surface area contributed by atoms with Crippen molar-refractivity contribution in [2.24, 2.45) is 0 Å². The fourth-order valence-corrected chi connectivity index (χ4v) is 5.17. The van der Waals surface area contributed by atoms with Crippen molar-refractivity contribution in [3.05, 3.63) is 90.4 Å². The predicted octanol–water partition coefficient (Wildman–Crippen LogP) is 5.74. The summed E-state index contributed by atoms with van der Waals surface area (Å²) in [6.07, 6.45) is 5.17. The molecule has 2 amide bonds. The van der Waals surface area contributed by atoms with E-state index in [0.29, 0.717) is 53.5 Å². The minimum absolute atomic E-state index is 0.0606. The fourth-order valence-electron chi connectivity index (χ4n) is 5.17. The Kier molecular flexibility index (Phi) is 8.87. The van der Waals surface area contributed by atoms with Crippen LogP contribution in [-0.4, -0.2) is 73.5 Å². The fraction of sp³-hybridized carbons (Fsp3) is 0.294. The van der Waals surface area contributed by atoms with E-state index >= 15 is 0 Å². The number of hydrogen-bond donors (Lipinski definition) is 2. The summed E-state index contributed by atoms with van der Waals surface area (Å²) in [6, 6.07) is 17.9. The van der Waals surface area contributed by atoms with Crippen LogP contribution in [0.15, 0.2) is 79.3 Å². The Morgan fingerprint density at radius 1 is 0.936 bits per heavy atom. The molecule has 1 aliphatic heterocycles. The van der Waals surface area contributed by atoms with Gasteiger partial charge in [-0.2, -0.15) is 5.10 Å². The molecular formula is C34H36N8O5. The number of fused-ring (bicyclic) bond motifs is 1. The second-order valence-corrected chi connectivity index (χ2v) is 12.1. The molecule has 3 aromatic heterocycles. The maximum atomic E-state index is 12.7. The van der Waals surface area contributed by atoms with Gasteiger partial charge in [0.15, 0.2) is 11.5 Å². The van der Waals surface area contributed by atoms with Crippen molar-refractivity contribution in [3.63, 3.8) is 0 Å². The van der Waals surface area contributed by atoms with Gasteiger partial charge in [-0.25, -0.2) is 24.4 Å². The van der Waals surface area contributed by atoms with E-state index in [9.17, 15) is 9.59 Å². The Labute approximate surface area is 271 Å². The monoisotopic (exact) mass is 636 g/mol. The second kappa shape index (κ2) is 13.3. The van der Waals surface area contributed by atoms with Crippen molar-refractivity contribution in [1.29, 1.82) is 0 Å². The zero-order chi connectivity index (χ0) is 33.0. The van der Waals surface area contributed by atoms with Crippen LogP contribution in [0.4, 0.5) is 16.6 Å². The van der Waals surface area contributed by atoms with Gasteiger partial charge in [0.05, 0.1) is 13.7 Å². The molecule has 1 aliphatic rings. The number of anilines is 2. The number of amides is 2. The lowest BCUT2D eigenvalue weighted by atomic mass is 10.2. The van der Waals surface area contributed by atoms with Crippen molar-refractivity contribution in [2.45, 2.75) is 45.4 Å². The highest BCUT2D eigenvalue weighted by Gasteiger charge is 2.31. The SMILES string of the molecule is COc1ccc(Cn2nc(NC3CCN(C(=O)OC(C)(C)C)C3)c3c(Oc4ccc(C(=O)Nc5ncccn5)cc4)ccnc32)cc1. The first kappa shape index (κ1) is 31.3. The number of likely N-dealkylation sites (tertiary alicyclic amines) is 1. The Bertz CT molecular complexity index is 1850. The molecule has 13 nitrogen and oxygen atoms in total. The number of hydrogen-bond acceptors (Lipinski definition) is 10. The molecule has 242 valence electrons. The van der Waals surface area contributed by atoms with Crippen LogP contribution in [0, 0.1) is 0 Å². The van der Waals surface area contributed by atoms with Crippen LogP contribution in [0.2, 0.25) is 0 Å². The molecule has 2 aromatic carbocycles. The molecule has 0 radical (unpaired) electrons. The zero-order valence-electron chi connectivity index (χ0n) is 26.6. The van der Waals surface area contributed by atoms with Crippen molar-refractivity contribution >= 4 is 34.8 Å². The highest BCUT2D eigenvalue weighted by Crippen LogP contribution is 2.35. The smallest absolute Gasteiger partial charge is 0.410 e. The summed E-state index contributed by atoms with van der Waals surface area (Å²) in [4.78, 5) is 39.9. The first-order valence-corrected chi connectivity index (χ1v) is 15.2. The van der Waals surface area contributed by atoms with Gasteiger partial charge in [0.1, 0.15) is 28.2 Å². The molecule has 0 bridgehead atoms. The van der Waals surface area contributed by atoms with Crippen LogP contribution in [-0.2, 0) is 11.3 Å². The third kappa shape index (κ3) is 7.57. The van der Waals surface area contributed by atoms with Gasteiger partial charge >= 0.3 is 6.09 Å². The quantitative estimate of drug-likeness (QED) is 0.205. The number of carbonyl (C=O) groups excluding carboxylic acids is 2. The number of nitrogens with zero attached hydrogens (tertiary/aromatic N) is 6.